The van der Waals surface area contributed by atoms with Crippen molar-refractivity contribution >= 4 is 33.2 Å². The molecular weight excluding hydrogens is 348 g/mol. The molecule has 0 aliphatic carbocycles. The Labute approximate surface area is 147 Å². The summed E-state index contributed by atoms with van der Waals surface area (Å²) in [5.74, 6) is -0.399. The van der Waals surface area contributed by atoms with Crippen LogP contribution in [0.1, 0.15) is 11.1 Å². The van der Waals surface area contributed by atoms with E-state index < -0.39 is 15.9 Å². The van der Waals surface area contributed by atoms with E-state index in [1.54, 1.807) is 6.07 Å². The molecule has 128 valence electrons. The first-order valence-electron chi connectivity index (χ1n) is 7.30. The molecule has 2 aromatic rings. The van der Waals surface area contributed by atoms with Crippen LogP contribution in [0.4, 0.5) is 5.69 Å². The van der Waals surface area contributed by atoms with Crippen molar-refractivity contribution in [2.24, 2.45) is 0 Å². The maximum absolute atomic E-state index is 12.5. The number of anilines is 1. The SMILES string of the molecule is Cc1cccc(NC(=O)CN(C)S(=O)(=O)c2ccc(Cl)cc2)c1C. The van der Waals surface area contributed by atoms with Crippen molar-refractivity contribution in [2.45, 2.75) is 18.7 Å². The summed E-state index contributed by atoms with van der Waals surface area (Å²) in [6.45, 7) is 3.57. The van der Waals surface area contributed by atoms with Crippen LogP contribution in [-0.4, -0.2) is 32.2 Å². The van der Waals surface area contributed by atoms with Crippen LogP contribution >= 0.6 is 11.6 Å². The average molecular weight is 367 g/mol. The van der Waals surface area contributed by atoms with E-state index in [-0.39, 0.29) is 11.4 Å². The third kappa shape index (κ3) is 4.14. The lowest BCUT2D eigenvalue weighted by Crippen LogP contribution is -2.35. The zero-order valence-corrected chi connectivity index (χ0v) is 15.3. The molecule has 0 aliphatic rings. The van der Waals surface area contributed by atoms with Crippen LogP contribution in [0.2, 0.25) is 5.02 Å². The van der Waals surface area contributed by atoms with Gasteiger partial charge in [0.05, 0.1) is 11.4 Å². The summed E-state index contributed by atoms with van der Waals surface area (Å²) in [7, 11) is -2.38. The average Bonchev–Trinajstić information content (AvgIpc) is 2.52. The van der Waals surface area contributed by atoms with E-state index in [9.17, 15) is 13.2 Å². The summed E-state index contributed by atoms with van der Waals surface area (Å²) in [4.78, 5) is 12.3. The van der Waals surface area contributed by atoms with Crippen LogP contribution in [0.15, 0.2) is 47.4 Å². The molecule has 0 saturated carbocycles. The molecule has 0 fully saturated rings. The van der Waals surface area contributed by atoms with Gasteiger partial charge in [0.15, 0.2) is 0 Å². The predicted molar refractivity (Wildman–Crippen MR) is 95.8 cm³/mol. The van der Waals surface area contributed by atoms with Crippen molar-refractivity contribution in [1.29, 1.82) is 0 Å². The minimum atomic E-state index is -3.75. The lowest BCUT2D eigenvalue weighted by molar-refractivity contribution is -0.116. The van der Waals surface area contributed by atoms with Crippen molar-refractivity contribution in [1.82, 2.24) is 4.31 Å². The van der Waals surface area contributed by atoms with Gasteiger partial charge in [-0.25, -0.2) is 8.42 Å². The summed E-state index contributed by atoms with van der Waals surface area (Å²) < 4.78 is 25.9. The molecule has 7 heteroatoms. The van der Waals surface area contributed by atoms with Crippen LogP contribution in [0, 0.1) is 13.8 Å². The van der Waals surface area contributed by atoms with E-state index in [4.69, 9.17) is 11.6 Å². The van der Waals surface area contributed by atoms with Crippen LogP contribution in [0.25, 0.3) is 0 Å². The largest absolute Gasteiger partial charge is 0.325 e. The fraction of sp³-hybridized carbons (Fsp3) is 0.235. The molecule has 0 atom stereocenters. The number of sulfonamides is 1. The number of nitrogens with zero attached hydrogens (tertiary/aromatic N) is 1. The quantitative estimate of drug-likeness (QED) is 0.883. The van der Waals surface area contributed by atoms with Crippen molar-refractivity contribution in [2.75, 3.05) is 18.9 Å². The Morgan fingerprint density at radius 2 is 1.75 bits per heavy atom. The molecule has 5 nitrogen and oxygen atoms in total. The normalized spacial score (nSPS) is 11.5. The summed E-state index contributed by atoms with van der Waals surface area (Å²) in [6, 6.07) is 11.4. The Bertz CT molecular complexity index is 849. The highest BCUT2D eigenvalue weighted by molar-refractivity contribution is 7.89. The fourth-order valence-corrected chi connectivity index (χ4v) is 3.40. The van der Waals surface area contributed by atoms with Crippen molar-refractivity contribution in [3.8, 4) is 0 Å². The lowest BCUT2D eigenvalue weighted by atomic mass is 10.1. The standard InChI is InChI=1S/C17H19ClN2O3S/c1-12-5-4-6-16(13(12)2)19-17(21)11-20(3)24(22,23)15-9-7-14(18)8-10-15/h4-10H,11H2,1-3H3,(H,19,21). The Hall–Kier alpha value is -1.89. The molecule has 2 rings (SSSR count). The van der Waals surface area contributed by atoms with E-state index in [0.717, 1.165) is 15.4 Å². The first-order valence-corrected chi connectivity index (χ1v) is 9.11. The molecular formula is C17H19ClN2O3S. The lowest BCUT2D eigenvalue weighted by Gasteiger charge is -2.17. The Kier molecular flexibility index (Phi) is 5.64. The second-order valence-corrected chi connectivity index (χ2v) is 7.99. The van der Waals surface area contributed by atoms with Gasteiger partial charge in [-0.3, -0.25) is 4.79 Å². The van der Waals surface area contributed by atoms with Gasteiger partial charge >= 0.3 is 0 Å². The second kappa shape index (κ2) is 7.34. The maximum Gasteiger partial charge on any atom is 0.243 e. The number of likely N-dealkylation sites (N-methyl/N-ethyl adjacent to an activating group) is 1. The van der Waals surface area contributed by atoms with Crippen molar-refractivity contribution < 1.29 is 13.2 Å². The number of halogens is 1. The van der Waals surface area contributed by atoms with Crippen LogP contribution in [0.5, 0.6) is 0 Å². The molecule has 0 spiro atoms. The first-order chi connectivity index (χ1) is 11.2. The van der Waals surface area contributed by atoms with E-state index in [1.165, 1.54) is 31.3 Å². The molecule has 1 amide bonds. The van der Waals surface area contributed by atoms with E-state index in [0.29, 0.717) is 10.7 Å². The smallest absolute Gasteiger partial charge is 0.243 e. The van der Waals surface area contributed by atoms with Crippen LogP contribution in [0.3, 0.4) is 0 Å². The maximum atomic E-state index is 12.5. The number of carbonyl (C=O) groups excluding carboxylic acids is 1. The highest BCUT2D eigenvalue weighted by atomic mass is 35.5. The summed E-state index contributed by atoms with van der Waals surface area (Å²) in [5.41, 5.74) is 2.68. The minimum Gasteiger partial charge on any atom is -0.325 e. The summed E-state index contributed by atoms with van der Waals surface area (Å²) in [6.07, 6.45) is 0. The van der Waals surface area contributed by atoms with Gasteiger partial charge in [-0.05, 0) is 55.3 Å². The number of aryl methyl sites for hydroxylation is 1. The topological polar surface area (TPSA) is 66.5 Å². The minimum absolute atomic E-state index is 0.0916. The number of amides is 1. The zero-order chi connectivity index (χ0) is 17.9. The Morgan fingerprint density at radius 3 is 2.38 bits per heavy atom. The van der Waals surface area contributed by atoms with E-state index >= 15 is 0 Å². The van der Waals surface area contributed by atoms with Gasteiger partial charge in [0, 0.05) is 17.8 Å². The van der Waals surface area contributed by atoms with Gasteiger partial charge in [0.25, 0.3) is 0 Å². The number of benzene rings is 2. The molecule has 0 aromatic heterocycles. The number of nitrogens with one attached hydrogen (secondary N) is 1. The molecule has 1 N–H and O–H groups in total. The zero-order valence-electron chi connectivity index (χ0n) is 13.7. The van der Waals surface area contributed by atoms with E-state index in [1.807, 2.05) is 26.0 Å². The Morgan fingerprint density at radius 1 is 1.12 bits per heavy atom. The van der Waals surface area contributed by atoms with Gasteiger partial charge in [-0.2, -0.15) is 4.31 Å². The van der Waals surface area contributed by atoms with Crippen LogP contribution in [-0.2, 0) is 14.8 Å². The molecule has 0 radical (unpaired) electrons. The number of rotatable bonds is 5. The fourth-order valence-electron chi connectivity index (χ4n) is 2.15. The molecule has 0 saturated heterocycles. The molecule has 24 heavy (non-hydrogen) atoms. The van der Waals surface area contributed by atoms with Crippen molar-refractivity contribution in [3.63, 3.8) is 0 Å². The molecule has 2 aromatic carbocycles. The van der Waals surface area contributed by atoms with Gasteiger partial charge in [0.1, 0.15) is 0 Å². The second-order valence-electron chi connectivity index (χ2n) is 5.51. The summed E-state index contributed by atoms with van der Waals surface area (Å²) >= 11 is 5.77. The summed E-state index contributed by atoms with van der Waals surface area (Å²) in [5, 5.41) is 3.20. The van der Waals surface area contributed by atoms with E-state index in [2.05, 4.69) is 5.32 Å². The predicted octanol–water partition coefficient (Wildman–Crippen LogP) is 3.22. The van der Waals surface area contributed by atoms with Gasteiger partial charge in [0.2, 0.25) is 15.9 Å². The molecule has 0 unspecified atom stereocenters. The van der Waals surface area contributed by atoms with Gasteiger partial charge in [-0.15, -0.1) is 0 Å². The highest BCUT2D eigenvalue weighted by Gasteiger charge is 2.23. The van der Waals surface area contributed by atoms with Crippen molar-refractivity contribution in [3.05, 3.63) is 58.6 Å². The number of carbonyl (C=O) groups is 1. The van der Waals surface area contributed by atoms with Gasteiger partial charge in [-0.1, -0.05) is 23.7 Å². The van der Waals surface area contributed by atoms with Gasteiger partial charge < -0.3 is 5.32 Å². The third-order valence-corrected chi connectivity index (χ3v) is 5.84. The number of hydrogen-bond acceptors (Lipinski definition) is 3. The molecule has 0 heterocycles. The monoisotopic (exact) mass is 366 g/mol. The third-order valence-electron chi connectivity index (χ3n) is 3.77. The molecule has 0 aliphatic heterocycles. The number of hydrogen-bond donors (Lipinski definition) is 1. The molecule has 0 bridgehead atoms. The first kappa shape index (κ1) is 18.4. The highest BCUT2D eigenvalue weighted by Crippen LogP contribution is 2.19. The Balaban J connectivity index is 2.10. The van der Waals surface area contributed by atoms with Crippen LogP contribution < -0.4 is 5.32 Å².